The molecule has 20 heavy (non-hydrogen) atoms. The van der Waals surface area contributed by atoms with E-state index >= 15 is 0 Å². The summed E-state index contributed by atoms with van der Waals surface area (Å²) < 4.78 is 5.26. The minimum atomic E-state index is -0.116. The SMILES string of the molecule is CCCCc1ccc(NC(=O)c2c(C)coc2C)cc1. The predicted molar refractivity (Wildman–Crippen MR) is 81.2 cm³/mol. The lowest BCUT2D eigenvalue weighted by Gasteiger charge is -2.06. The van der Waals surface area contributed by atoms with E-state index in [1.54, 1.807) is 13.2 Å². The summed E-state index contributed by atoms with van der Waals surface area (Å²) in [5, 5.41) is 2.91. The molecule has 0 atom stereocenters. The summed E-state index contributed by atoms with van der Waals surface area (Å²) in [5.41, 5.74) is 3.61. The molecule has 0 fully saturated rings. The van der Waals surface area contributed by atoms with Crippen molar-refractivity contribution >= 4 is 11.6 Å². The van der Waals surface area contributed by atoms with Crippen LogP contribution >= 0.6 is 0 Å². The Bertz CT molecular complexity index is 562. The van der Waals surface area contributed by atoms with Crippen LogP contribution < -0.4 is 5.32 Å². The Balaban J connectivity index is 2.05. The lowest BCUT2D eigenvalue weighted by molar-refractivity contribution is 0.102. The zero-order valence-corrected chi connectivity index (χ0v) is 12.3. The number of anilines is 1. The summed E-state index contributed by atoms with van der Waals surface area (Å²) in [6.45, 7) is 5.86. The molecule has 2 aromatic rings. The van der Waals surface area contributed by atoms with E-state index in [1.807, 2.05) is 19.1 Å². The Morgan fingerprint density at radius 1 is 1.20 bits per heavy atom. The fourth-order valence-electron chi connectivity index (χ4n) is 2.24. The van der Waals surface area contributed by atoms with Gasteiger partial charge in [0, 0.05) is 11.3 Å². The molecule has 0 radical (unpaired) electrons. The molecule has 1 aromatic heterocycles. The minimum Gasteiger partial charge on any atom is -0.469 e. The second-order valence-corrected chi connectivity index (χ2v) is 5.10. The van der Waals surface area contributed by atoms with E-state index < -0.39 is 0 Å². The number of carbonyl (C=O) groups excluding carboxylic acids is 1. The number of nitrogens with one attached hydrogen (secondary N) is 1. The van der Waals surface area contributed by atoms with E-state index in [2.05, 4.69) is 24.4 Å². The van der Waals surface area contributed by atoms with Gasteiger partial charge < -0.3 is 9.73 Å². The molecule has 0 saturated heterocycles. The van der Waals surface area contributed by atoms with Gasteiger partial charge in [-0.15, -0.1) is 0 Å². The van der Waals surface area contributed by atoms with E-state index in [1.165, 1.54) is 18.4 Å². The van der Waals surface area contributed by atoms with Crippen molar-refractivity contribution in [3.63, 3.8) is 0 Å². The maximum atomic E-state index is 12.2. The molecule has 0 aliphatic carbocycles. The second-order valence-electron chi connectivity index (χ2n) is 5.10. The summed E-state index contributed by atoms with van der Waals surface area (Å²) in [6.07, 6.45) is 5.08. The summed E-state index contributed by atoms with van der Waals surface area (Å²) >= 11 is 0. The van der Waals surface area contributed by atoms with Crippen LogP contribution in [0.1, 0.15) is 47.0 Å². The second kappa shape index (κ2) is 6.42. The average Bonchev–Trinajstić information content (AvgIpc) is 2.77. The number of rotatable bonds is 5. The van der Waals surface area contributed by atoms with Crippen molar-refractivity contribution in [3.05, 3.63) is 53.0 Å². The maximum absolute atomic E-state index is 12.2. The molecular weight excluding hydrogens is 250 g/mol. The molecule has 106 valence electrons. The van der Waals surface area contributed by atoms with Crippen LogP contribution in [-0.2, 0) is 6.42 Å². The van der Waals surface area contributed by atoms with Gasteiger partial charge in [-0.2, -0.15) is 0 Å². The number of hydrogen-bond donors (Lipinski definition) is 1. The van der Waals surface area contributed by atoms with Crippen molar-refractivity contribution in [2.24, 2.45) is 0 Å². The summed E-state index contributed by atoms with van der Waals surface area (Å²) in [5.74, 6) is 0.537. The summed E-state index contributed by atoms with van der Waals surface area (Å²) in [6, 6.07) is 8.04. The first kappa shape index (κ1) is 14.4. The quantitative estimate of drug-likeness (QED) is 0.870. The Kier molecular flexibility index (Phi) is 4.61. The molecule has 0 unspecified atom stereocenters. The fraction of sp³-hybridized carbons (Fsp3) is 0.353. The maximum Gasteiger partial charge on any atom is 0.259 e. The number of carbonyl (C=O) groups is 1. The van der Waals surface area contributed by atoms with E-state index in [0.717, 1.165) is 17.7 Å². The van der Waals surface area contributed by atoms with Crippen LogP contribution in [0.4, 0.5) is 5.69 Å². The minimum absolute atomic E-state index is 0.116. The van der Waals surface area contributed by atoms with Gasteiger partial charge in [-0.25, -0.2) is 0 Å². The van der Waals surface area contributed by atoms with E-state index in [9.17, 15) is 4.79 Å². The van der Waals surface area contributed by atoms with Crippen molar-refractivity contribution in [2.75, 3.05) is 5.32 Å². The molecule has 3 heteroatoms. The van der Waals surface area contributed by atoms with E-state index in [0.29, 0.717) is 11.3 Å². The standard InChI is InChI=1S/C17H21NO2/c1-4-5-6-14-7-9-15(10-8-14)18-17(19)16-12(2)11-20-13(16)3/h7-11H,4-6H2,1-3H3,(H,18,19). The molecule has 2 rings (SSSR count). The van der Waals surface area contributed by atoms with Crippen molar-refractivity contribution in [1.29, 1.82) is 0 Å². The summed E-state index contributed by atoms with van der Waals surface area (Å²) in [7, 11) is 0. The molecule has 0 saturated carbocycles. The van der Waals surface area contributed by atoms with Gasteiger partial charge in [-0.3, -0.25) is 4.79 Å². The van der Waals surface area contributed by atoms with Crippen molar-refractivity contribution in [1.82, 2.24) is 0 Å². The van der Waals surface area contributed by atoms with E-state index in [4.69, 9.17) is 4.42 Å². The van der Waals surface area contributed by atoms with Crippen molar-refractivity contribution < 1.29 is 9.21 Å². The van der Waals surface area contributed by atoms with Gasteiger partial charge in [0.1, 0.15) is 5.76 Å². The first-order chi connectivity index (χ1) is 9.61. The average molecular weight is 271 g/mol. The largest absolute Gasteiger partial charge is 0.469 e. The molecule has 1 aromatic carbocycles. The molecule has 0 aliphatic rings. The first-order valence-electron chi connectivity index (χ1n) is 7.06. The highest BCUT2D eigenvalue weighted by atomic mass is 16.3. The predicted octanol–water partition coefficient (Wildman–Crippen LogP) is 4.49. The highest BCUT2D eigenvalue weighted by Gasteiger charge is 2.15. The van der Waals surface area contributed by atoms with Crippen LogP contribution in [0.25, 0.3) is 0 Å². The lowest BCUT2D eigenvalue weighted by Crippen LogP contribution is -2.13. The normalized spacial score (nSPS) is 10.6. The van der Waals surface area contributed by atoms with Gasteiger partial charge in [-0.1, -0.05) is 25.5 Å². The number of furan rings is 1. The zero-order chi connectivity index (χ0) is 14.5. The Morgan fingerprint density at radius 2 is 1.90 bits per heavy atom. The van der Waals surface area contributed by atoms with Gasteiger partial charge in [0.05, 0.1) is 11.8 Å². The number of amides is 1. The van der Waals surface area contributed by atoms with Gasteiger partial charge in [0.25, 0.3) is 5.91 Å². The fourth-order valence-corrected chi connectivity index (χ4v) is 2.24. The summed E-state index contributed by atoms with van der Waals surface area (Å²) in [4.78, 5) is 12.2. The molecule has 0 bridgehead atoms. The van der Waals surface area contributed by atoms with Crippen LogP contribution in [0.5, 0.6) is 0 Å². The lowest BCUT2D eigenvalue weighted by atomic mass is 10.1. The van der Waals surface area contributed by atoms with Crippen LogP contribution in [0, 0.1) is 13.8 Å². The molecule has 1 N–H and O–H groups in total. The van der Waals surface area contributed by atoms with Crippen LogP contribution in [0.3, 0.4) is 0 Å². The van der Waals surface area contributed by atoms with Gasteiger partial charge >= 0.3 is 0 Å². The molecule has 1 heterocycles. The van der Waals surface area contributed by atoms with Gasteiger partial charge in [0.15, 0.2) is 0 Å². The highest BCUT2D eigenvalue weighted by Crippen LogP contribution is 2.18. The molecule has 0 spiro atoms. The van der Waals surface area contributed by atoms with Crippen molar-refractivity contribution in [2.45, 2.75) is 40.0 Å². The monoisotopic (exact) mass is 271 g/mol. The van der Waals surface area contributed by atoms with Gasteiger partial charge in [-0.05, 0) is 44.4 Å². The Labute approximate surface area is 120 Å². The zero-order valence-electron chi connectivity index (χ0n) is 12.3. The molecular formula is C17H21NO2. The first-order valence-corrected chi connectivity index (χ1v) is 7.06. The number of aryl methyl sites for hydroxylation is 3. The third kappa shape index (κ3) is 3.29. The van der Waals surface area contributed by atoms with Crippen LogP contribution in [0.2, 0.25) is 0 Å². The third-order valence-corrected chi connectivity index (χ3v) is 3.42. The van der Waals surface area contributed by atoms with Gasteiger partial charge in [0.2, 0.25) is 0 Å². The molecule has 3 nitrogen and oxygen atoms in total. The molecule has 0 aliphatic heterocycles. The molecule has 1 amide bonds. The van der Waals surface area contributed by atoms with E-state index in [-0.39, 0.29) is 5.91 Å². The Morgan fingerprint density at radius 3 is 2.45 bits per heavy atom. The smallest absolute Gasteiger partial charge is 0.259 e. The number of benzene rings is 1. The topological polar surface area (TPSA) is 42.2 Å². The van der Waals surface area contributed by atoms with Crippen molar-refractivity contribution in [3.8, 4) is 0 Å². The third-order valence-electron chi connectivity index (χ3n) is 3.42. The Hall–Kier alpha value is -2.03. The number of hydrogen-bond acceptors (Lipinski definition) is 2. The highest BCUT2D eigenvalue weighted by molar-refractivity contribution is 6.05. The number of unbranched alkanes of at least 4 members (excludes halogenated alkanes) is 1. The van der Waals surface area contributed by atoms with Crippen LogP contribution in [-0.4, -0.2) is 5.91 Å². The van der Waals surface area contributed by atoms with Crippen LogP contribution in [0.15, 0.2) is 34.9 Å².